The Labute approximate surface area is 209 Å². The third-order valence-electron chi connectivity index (χ3n) is 6.02. The predicted octanol–water partition coefficient (Wildman–Crippen LogP) is 6.34. The number of amides is 1. The van der Waals surface area contributed by atoms with Gasteiger partial charge >= 0.3 is 0 Å². The van der Waals surface area contributed by atoms with E-state index in [-0.39, 0.29) is 5.91 Å². The number of pyridine rings is 2. The van der Waals surface area contributed by atoms with Crippen LogP contribution < -0.4 is 15.4 Å². The lowest BCUT2D eigenvalue weighted by atomic mass is 10.1. The minimum absolute atomic E-state index is 0.177. The third kappa shape index (κ3) is 4.77. The normalized spacial score (nSPS) is 10.9. The number of anilines is 3. The molecule has 5 rings (SSSR count). The van der Waals surface area contributed by atoms with Gasteiger partial charge < -0.3 is 19.9 Å². The lowest BCUT2D eigenvalue weighted by molar-refractivity contribution is 0.102. The van der Waals surface area contributed by atoms with E-state index in [0.29, 0.717) is 18.1 Å². The van der Waals surface area contributed by atoms with Crippen molar-refractivity contribution in [2.45, 2.75) is 13.8 Å². The first-order valence-corrected chi connectivity index (χ1v) is 11.8. The SMILES string of the molecule is CCOc1ccc(-c2cn(C)c3cc(NC(=O)c4ccc(C)c(Nc5ccccn5)c4)ccc23)cn1. The zero-order chi connectivity index (χ0) is 25.1. The molecule has 0 saturated heterocycles. The van der Waals surface area contributed by atoms with Gasteiger partial charge in [-0.15, -0.1) is 0 Å². The number of aryl methyl sites for hydroxylation is 2. The predicted molar refractivity (Wildman–Crippen MR) is 144 cm³/mol. The second-order valence-corrected chi connectivity index (χ2v) is 8.53. The van der Waals surface area contributed by atoms with E-state index < -0.39 is 0 Å². The average Bonchev–Trinajstić information content (AvgIpc) is 3.22. The van der Waals surface area contributed by atoms with E-state index in [2.05, 4.69) is 31.4 Å². The first-order valence-electron chi connectivity index (χ1n) is 11.8. The van der Waals surface area contributed by atoms with Gasteiger partial charge in [0, 0.05) is 65.2 Å². The standard InChI is InChI=1S/C29H27N5O2/c1-4-36-28-13-10-21(17-31-28)24-18-34(3)26-16-22(11-12-23(24)26)32-29(35)20-9-8-19(2)25(15-20)33-27-7-5-6-14-30-27/h5-18H,4H2,1-3H3,(H,30,33)(H,32,35). The first-order chi connectivity index (χ1) is 17.5. The smallest absolute Gasteiger partial charge is 0.255 e. The van der Waals surface area contributed by atoms with Crippen LogP contribution in [0.25, 0.3) is 22.0 Å². The van der Waals surface area contributed by atoms with E-state index in [4.69, 9.17) is 4.74 Å². The molecule has 1 amide bonds. The molecule has 0 atom stereocenters. The van der Waals surface area contributed by atoms with Crippen molar-refractivity contribution >= 4 is 34.0 Å². The van der Waals surface area contributed by atoms with E-state index in [9.17, 15) is 4.79 Å². The summed E-state index contributed by atoms with van der Waals surface area (Å²) in [7, 11) is 2.00. The van der Waals surface area contributed by atoms with Crippen molar-refractivity contribution < 1.29 is 9.53 Å². The molecule has 3 aromatic heterocycles. The number of carbonyl (C=O) groups excluding carboxylic acids is 1. The maximum atomic E-state index is 13.1. The van der Waals surface area contributed by atoms with Crippen molar-refractivity contribution in [2.75, 3.05) is 17.2 Å². The Balaban J connectivity index is 1.38. The summed E-state index contributed by atoms with van der Waals surface area (Å²) in [5.41, 5.74) is 6.25. The van der Waals surface area contributed by atoms with Crippen LogP contribution in [0.1, 0.15) is 22.8 Å². The van der Waals surface area contributed by atoms with Crippen molar-refractivity contribution in [1.82, 2.24) is 14.5 Å². The van der Waals surface area contributed by atoms with Crippen LogP contribution in [-0.2, 0) is 7.05 Å². The Morgan fingerprint density at radius 1 is 1.03 bits per heavy atom. The molecule has 0 saturated carbocycles. The summed E-state index contributed by atoms with van der Waals surface area (Å²) in [6.07, 6.45) is 5.62. The second kappa shape index (κ2) is 9.92. The monoisotopic (exact) mass is 477 g/mol. The number of ether oxygens (including phenoxy) is 1. The van der Waals surface area contributed by atoms with Crippen molar-refractivity contribution in [3.05, 3.63) is 96.4 Å². The molecule has 2 aromatic carbocycles. The summed E-state index contributed by atoms with van der Waals surface area (Å²) in [5, 5.41) is 7.40. The van der Waals surface area contributed by atoms with E-state index in [0.717, 1.165) is 44.8 Å². The molecule has 0 aliphatic heterocycles. The zero-order valence-corrected chi connectivity index (χ0v) is 20.4. The number of aromatic nitrogens is 3. The van der Waals surface area contributed by atoms with Crippen LogP contribution in [0.5, 0.6) is 5.88 Å². The van der Waals surface area contributed by atoms with E-state index in [1.54, 1.807) is 6.20 Å². The number of nitrogens with one attached hydrogen (secondary N) is 2. The minimum atomic E-state index is -0.177. The summed E-state index contributed by atoms with van der Waals surface area (Å²) in [5.74, 6) is 1.16. The molecular weight excluding hydrogens is 450 g/mol. The highest BCUT2D eigenvalue weighted by Crippen LogP contribution is 2.32. The van der Waals surface area contributed by atoms with Gasteiger partial charge in [-0.3, -0.25) is 4.79 Å². The molecule has 0 bridgehead atoms. The van der Waals surface area contributed by atoms with Crippen LogP contribution in [-0.4, -0.2) is 27.0 Å². The largest absolute Gasteiger partial charge is 0.478 e. The van der Waals surface area contributed by atoms with Crippen LogP contribution in [0.3, 0.4) is 0 Å². The van der Waals surface area contributed by atoms with Gasteiger partial charge in [-0.25, -0.2) is 9.97 Å². The maximum Gasteiger partial charge on any atom is 0.255 e. The Bertz CT molecular complexity index is 1530. The van der Waals surface area contributed by atoms with E-state index in [1.165, 1.54) is 0 Å². The molecule has 3 heterocycles. The molecule has 0 aliphatic carbocycles. The van der Waals surface area contributed by atoms with Crippen LogP contribution in [0.4, 0.5) is 17.2 Å². The lowest BCUT2D eigenvalue weighted by Crippen LogP contribution is -2.12. The molecule has 0 unspecified atom stereocenters. The van der Waals surface area contributed by atoms with Gasteiger partial charge in [0.2, 0.25) is 5.88 Å². The van der Waals surface area contributed by atoms with Crippen molar-refractivity contribution in [2.24, 2.45) is 7.05 Å². The summed E-state index contributed by atoms with van der Waals surface area (Å²) in [6.45, 7) is 4.51. The lowest BCUT2D eigenvalue weighted by Gasteiger charge is -2.12. The van der Waals surface area contributed by atoms with Crippen molar-refractivity contribution in [3.63, 3.8) is 0 Å². The van der Waals surface area contributed by atoms with Gasteiger partial charge in [0.25, 0.3) is 5.91 Å². The topological polar surface area (TPSA) is 81.1 Å². The number of benzene rings is 2. The van der Waals surface area contributed by atoms with Crippen LogP contribution in [0, 0.1) is 6.92 Å². The molecule has 7 nitrogen and oxygen atoms in total. The van der Waals surface area contributed by atoms with Gasteiger partial charge in [0.05, 0.1) is 12.1 Å². The summed E-state index contributed by atoms with van der Waals surface area (Å²) < 4.78 is 7.51. The van der Waals surface area contributed by atoms with Crippen LogP contribution in [0.2, 0.25) is 0 Å². The Morgan fingerprint density at radius 2 is 1.92 bits per heavy atom. The minimum Gasteiger partial charge on any atom is -0.478 e. The first kappa shape index (κ1) is 23.1. The van der Waals surface area contributed by atoms with Gasteiger partial charge in [0.1, 0.15) is 5.82 Å². The second-order valence-electron chi connectivity index (χ2n) is 8.53. The molecular formula is C29H27N5O2. The summed E-state index contributed by atoms with van der Waals surface area (Å²) in [6, 6.07) is 21.1. The number of rotatable bonds is 7. The highest BCUT2D eigenvalue weighted by molar-refractivity contribution is 6.06. The molecule has 0 spiro atoms. The highest BCUT2D eigenvalue weighted by atomic mass is 16.5. The molecule has 5 aromatic rings. The molecule has 2 N–H and O–H groups in total. The van der Waals surface area contributed by atoms with Crippen molar-refractivity contribution in [1.29, 1.82) is 0 Å². The molecule has 7 heteroatoms. The molecule has 36 heavy (non-hydrogen) atoms. The average molecular weight is 478 g/mol. The van der Waals surface area contributed by atoms with Crippen molar-refractivity contribution in [3.8, 4) is 17.0 Å². The van der Waals surface area contributed by atoms with Gasteiger partial charge in [-0.1, -0.05) is 18.2 Å². The fraction of sp³-hybridized carbons (Fsp3) is 0.138. The Kier molecular flexibility index (Phi) is 6.36. The fourth-order valence-electron chi connectivity index (χ4n) is 4.14. The molecule has 0 radical (unpaired) electrons. The quantitative estimate of drug-likeness (QED) is 0.286. The third-order valence-corrected chi connectivity index (χ3v) is 6.02. The van der Waals surface area contributed by atoms with Gasteiger partial charge in [-0.2, -0.15) is 0 Å². The van der Waals surface area contributed by atoms with Crippen LogP contribution >= 0.6 is 0 Å². The van der Waals surface area contributed by atoms with Gasteiger partial charge in [0.15, 0.2) is 0 Å². The number of carbonyl (C=O) groups is 1. The molecule has 180 valence electrons. The number of hydrogen-bond acceptors (Lipinski definition) is 5. The van der Waals surface area contributed by atoms with E-state index in [1.807, 2.05) is 93.8 Å². The van der Waals surface area contributed by atoms with E-state index >= 15 is 0 Å². The number of fused-ring (bicyclic) bond motifs is 1. The summed E-state index contributed by atoms with van der Waals surface area (Å²) in [4.78, 5) is 21.8. The van der Waals surface area contributed by atoms with Crippen LogP contribution in [0.15, 0.2) is 85.3 Å². The zero-order valence-electron chi connectivity index (χ0n) is 20.4. The number of hydrogen-bond donors (Lipinski definition) is 2. The Morgan fingerprint density at radius 3 is 2.67 bits per heavy atom. The highest BCUT2D eigenvalue weighted by Gasteiger charge is 2.13. The maximum absolute atomic E-state index is 13.1. The number of nitrogens with zero attached hydrogens (tertiary/aromatic N) is 3. The fourth-order valence-corrected chi connectivity index (χ4v) is 4.14. The summed E-state index contributed by atoms with van der Waals surface area (Å²) >= 11 is 0. The Hall–Kier alpha value is -4.65. The van der Waals surface area contributed by atoms with Gasteiger partial charge in [-0.05, 0) is 61.9 Å². The molecule has 0 fully saturated rings. The molecule has 0 aliphatic rings.